The first kappa shape index (κ1) is 10.9. The highest BCUT2D eigenvalue weighted by atomic mass is 16.5. The average molecular weight is 212 g/mol. The molecule has 0 spiro atoms. The maximum absolute atomic E-state index is 11.3. The van der Waals surface area contributed by atoms with Crippen LogP contribution in [0.3, 0.4) is 0 Å². The molecule has 86 valence electrons. The van der Waals surface area contributed by atoms with Crippen LogP contribution in [0.2, 0.25) is 0 Å². The smallest absolute Gasteiger partial charge is 0.335 e. The van der Waals surface area contributed by atoms with E-state index < -0.39 is 11.6 Å². The van der Waals surface area contributed by atoms with Crippen LogP contribution in [0.25, 0.3) is 0 Å². The average Bonchev–Trinajstić information content (AvgIpc) is 3.02. The van der Waals surface area contributed by atoms with Gasteiger partial charge in [0.05, 0.1) is 6.10 Å². The van der Waals surface area contributed by atoms with Gasteiger partial charge in [0.15, 0.2) is 5.60 Å². The molecule has 0 bridgehead atoms. The summed E-state index contributed by atoms with van der Waals surface area (Å²) < 4.78 is 5.86. The fraction of sp³-hybridized carbons (Fsp3) is 0.917. The van der Waals surface area contributed by atoms with E-state index in [2.05, 4.69) is 0 Å². The summed E-state index contributed by atoms with van der Waals surface area (Å²) in [5, 5.41) is 9.25. The zero-order valence-electron chi connectivity index (χ0n) is 9.37. The van der Waals surface area contributed by atoms with Crippen LogP contribution in [-0.2, 0) is 9.53 Å². The summed E-state index contributed by atoms with van der Waals surface area (Å²) in [5.74, 6) is -0.535. The van der Waals surface area contributed by atoms with Crippen molar-refractivity contribution in [2.45, 2.75) is 63.6 Å². The lowest BCUT2D eigenvalue weighted by Crippen LogP contribution is -2.44. The van der Waals surface area contributed by atoms with Crippen molar-refractivity contribution < 1.29 is 14.6 Å². The van der Waals surface area contributed by atoms with Crippen LogP contribution in [-0.4, -0.2) is 22.8 Å². The predicted molar refractivity (Wildman–Crippen MR) is 56.7 cm³/mol. The summed E-state index contributed by atoms with van der Waals surface area (Å²) in [6.45, 7) is 1.75. The van der Waals surface area contributed by atoms with E-state index in [0.717, 1.165) is 25.7 Å². The molecule has 0 aromatic heterocycles. The Morgan fingerprint density at radius 1 is 1.20 bits per heavy atom. The number of rotatable bonds is 4. The van der Waals surface area contributed by atoms with Crippen molar-refractivity contribution in [1.29, 1.82) is 0 Å². The van der Waals surface area contributed by atoms with E-state index in [4.69, 9.17) is 4.74 Å². The molecule has 1 N–H and O–H groups in total. The minimum absolute atomic E-state index is 0.181. The number of carboxylic acid groups (broad SMARTS) is 1. The van der Waals surface area contributed by atoms with E-state index in [-0.39, 0.29) is 12.0 Å². The summed E-state index contributed by atoms with van der Waals surface area (Å²) in [4.78, 5) is 11.3. The summed E-state index contributed by atoms with van der Waals surface area (Å²) in [6.07, 6.45) is 7.92. The summed E-state index contributed by atoms with van der Waals surface area (Å²) >= 11 is 0. The lowest BCUT2D eigenvalue weighted by Gasteiger charge is -2.32. The van der Waals surface area contributed by atoms with Gasteiger partial charge in [0, 0.05) is 0 Å². The highest BCUT2D eigenvalue weighted by molar-refractivity contribution is 5.78. The van der Waals surface area contributed by atoms with Gasteiger partial charge in [-0.2, -0.15) is 0 Å². The van der Waals surface area contributed by atoms with E-state index in [1.807, 2.05) is 0 Å². The number of hydrogen-bond donors (Lipinski definition) is 1. The molecule has 2 saturated carbocycles. The van der Waals surface area contributed by atoms with Crippen LogP contribution in [0.5, 0.6) is 0 Å². The minimum atomic E-state index is -0.915. The first-order chi connectivity index (χ1) is 7.13. The zero-order chi connectivity index (χ0) is 10.9. The molecule has 2 aliphatic rings. The van der Waals surface area contributed by atoms with E-state index in [0.29, 0.717) is 0 Å². The van der Waals surface area contributed by atoms with Crippen LogP contribution < -0.4 is 0 Å². The topological polar surface area (TPSA) is 46.5 Å². The van der Waals surface area contributed by atoms with Crippen LogP contribution in [0.4, 0.5) is 0 Å². The number of hydrogen-bond acceptors (Lipinski definition) is 2. The minimum Gasteiger partial charge on any atom is -0.479 e. The van der Waals surface area contributed by atoms with Crippen LogP contribution in [0.15, 0.2) is 0 Å². The highest BCUT2D eigenvalue weighted by Crippen LogP contribution is 2.43. The first-order valence-electron chi connectivity index (χ1n) is 6.04. The second kappa shape index (κ2) is 4.12. The largest absolute Gasteiger partial charge is 0.479 e. The first-order valence-corrected chi connectivity index (χ1v) is 6.04. The predicted octanol–water partition coefficient (Wildman–Crippen LogP) is 2.59. The van der Waals surface area contributed by atoms with Gasteiger partial charge in [-0.25, -0.2) is 4.79 Å². The van der Waals surface area contributed by atoms with E-state index in [1.54, 1.807) is 6.92 Å². The van der Waals surface area contributed by atoms with Crippen molar-refractivity contribution in [3.8, 4) is 0 Å². The fourth-order valence-electron chi connectivity index (χ4n) is 2.48. The van der Waals surface area contributed by atoms with Crippen LogP contribution in [0, 0.1) is 5.92 Å². The molecule has 1 unspecified atom stereocenters. The Labute approximate surface area is 90.8 Å². The molecule has 0 aliphatic heterocycles. The number of carboxylic acids is 1. The van der Waals surface area contributed by atoms with Crippen molar-refractivity contribution in [3.63, 3.8) is 0 Å². The van der Waals surface area contributed by atoms with Gasteiger partial charge >= 0.3 is 5.97 Å². The molecule has 0 aromatic rings. The second-order valence-corrected chi connectivity index (χ2v) is 5.06. The van der Waals surface area contributed by atoms with Gasteiger partial charge in [-0.1, -0.05) is 19.3 Å². The lowest BCUT2D eigenvalue weighted by atomic mass is 9.95. The Balaban J connectivity index is 1.96. The molecule has 15 heavy (non-hydrogen) atoms. The Morgan fingerprint density at radius 2 is 1.80 bits per heavy atom. The van der Waals surface area contributed by atoms with Gasteiger partial charge in [-0.15, -0.1) is 0 Å². The third-order valence-electron chi connectivity index (χ3n) is 3.74. The molecular formula is C12H20O3. The van der Waals surface area contributed by atoms with Gasteiger partial charge in [-0.3, -0.25) is 0 Å². The molecule has 3 heteroatoms. The molecule has 3 nitrogen and oxygen atoms in total. The molecule has 0 saturated heterocycles. The van der Waals surface area contributed by atoms with Gasteiger partial charge in [-0.05, 0) is 38.5 Å². The van der Waals surface area contributed by atoms with Gasteiger partial charge in [0.25, 0.3) is 0 Å². The van der Waals surface area contributed by atoms with Crippen molar-refractivity contribution in [2.75, 3.05) is 0 Å². The molecule has 0 amide bonds. The normalized spacial score (nSPS) is 27.3. The lowest BCUT2D eigenvalue weighted by molar-refractivity contribution is -0.177. The van der Waals surface area contributed by atoms with Gasteiger partial charge < -0.3 is 9.84 Å². The SMILES string of the molecule is CC(OC1CCCCC1)(C(=O)O)C1CC1. The summed E-state index contributed by atoms with van der Waals surface area (Å²) in [6, 6.07) is 0. The standard InChI is InChI=1S/C12H20O3/c1-12(11(13)14,9-7-8-9)15-10-5-3-2-4-6-10/h9-10H,2-8H2,1H3,(H,13,14). The molecule has 1 atom stereocenters. The Kier molecular flexibility index (Phi) is 3.01. The number of carbonyl (C=O) groups is 1. The molecule has 2 rings (SSSR count). The van der Waals surface area contributed by atoms with Crippen LogP contribution >= 0.6 is 0 Å². The van der Waals surface area contributed by atoms with Crippen molar-refractivity contribution in [1.82, 2.24) is 0 Å². The maximum atomic E-state index is 11.3. The van der Waals surface area contributed by atoms with Crippen molar-refractivity contribution in [2.24, 2.45) is 5.92 Å². The molecular weight excluding hydrogens is 192 g/mol. The second-order valence-electron chi connectivity index (χ2n) is 5.06. The Hall–Kier alpha value is -0.570. The molecule has 2 fully saturated rings. The van der Waals surface area contributed by atoms with E-state index in [9.17, 15) is 9.90 Å². The third-order valence-corrected chi connectivity index (χ3v) is 3.74. The van der Waals surface area contributed by atoms with Gasteiger partial charge in [0.2, 0.25) is 0 Å². The van der Waals surface area contributed by atoms with E-state index >= 15 is 0 Å². The fourth-order valence-corrected chi connectivity index (χ4v) is 2.48. The Bertz CT molecular complexity index is 241. The van der Waals surface area contributed by atoms with E-state index in [1.165, 1.54) is 19.3 Å². The monoisotopic (exact) mass is 212 g/mol. The summed E-state index contributed by atoms with van der Waals surface area (Å²) in [5.41, 5.74) is -0.915. The molecule has 0 aromatic carbocycles. The summed E-state index contributed by atoms with van der Waals surface area (Å²) in [7, 11) is 0. The molecule has 0 radical (unpaired) electrons. The maximum Gasteiger partial charge on any atom is 0.335 e. The Morgan fingerprint density at radius 3 is 2.27 bits per heavy atom. The number of aliphatic carboxylic acids is 1. The molecule has 0 heterocycles. The van der Waals surface area contributed by atoms with Crippen molar-refractivity contribution in [3.05, 3.63) is 0 Å². The quantitative estimate of drug-likeness (QED) is 0.779. The van der Waals surface area contributed by atoms with Crippen molar-refractivity contribution >= 4 is 5.97 Å². The van der Waals surface area contributed by atoms with Crippen LogP contribution in [0.1, 0.15) is 51.9 Å². The number of ether oxygens (including phenoxy) is 1. The zero-order valence-corrected chi connectivity index (χ0v) is 9.37. The van der Waals surface area contributed by atoms with Gasteiger partial charge in [0.1, 0.15) is 0 Å². The third kappa shape index (κ3) is 2.33. The molecule has 2 aliphatic carbocycles. The highest BCUT2D eigenvalue weighted by Gasteiger charge is 2.49.